The first-order valence-corrected chi connectivity index (χ1v) is 7.68. The molecule has 2 aromatic carbocycles. The molecule has 0 N–H and O–H groups in total. The highest BCUT2D eigenvalue weighted by Crippen LogP contribution is 2.29. The van der Waals surface area contributed by atoms with Gasteiger partial charge in [-0.25, -0.2) is 0 Å². The van der Waals surface area contributed by atoms with Gasteiger partial charge in [0.05, 0.1) is 5.69 Å². The molecule has 0 aliphatic heterocycles. The summed E-state index contributed by atoms with van der Waals surface area (Å²) in [5, 5.41) is 9.69. The SMILES string of the molecule is Cc1ccc(Sc2nnc(-c3ccccc3)cc2C)cc1. The number of rotatable bonds is 3. The zero-order valence-corrected chi connectivity index (χ0v) is 12.9. The molecule has 104 valence electrons. The van der Waals surface area contributed by atoms with Crippen molar-refractivity contribution in [1.29, 1.82) is 0 Å². The molecule has 1 aromatic heterocycles. The minimum atomic E-state index is 0.918. The highest BCUT2D eigenvalue weighted by atomic mass is 32.2. The third kappa shape index (κ3) is 3.31. The summed E-state index contributed by atoms with van der Waals surface area (Å²) >= 11 is 1.65. The fraction of sp³-hybridized carbons (Fsp3) is 0.111. The van der Waals surface area contributed by atoms with Crippen LogP contribution in [0.15, 0.2) is 70.6 Å². The standard InChI is InChI=1S/C18H16N2S/c1-13-8-10-16(11-9-13)21-18-14(2)12-17(19-20-18)15-6-4-3-5-7-15/h3-12H,1-2H3. The molecule has 0 atom stereocenters. The number of benzene rings is 2. The maximum atomic E-state index is 4.39. The van der Waals surface area contributed by atoms with E-state index in [1.807, 2.05) is 18.2 Å². The van der Waals surface area contributed by atoms with E-state index in [1.165, 1.54) is 10.5 Å². The van der Waals surface area contributed by atoms with Gasteiger partial charge in [-0.05, 0) is 37.6 Å². The van der Waals surface area contributed by atoms with E-state index >= 15 is 0 Å². The van der Waals surface area contributed by atoms with Crippen LogP contribution >= 0.6 is 11.8 Å². The van der Waals surface area contributed by atoms with Crippen LogP contribution in [-0.2, 0) is 0 Å². The normalized spacial score (nSPS) is 10.6. The van der Waals surface area contributed by atoms with E-state index in [1.54, 1.807) is 11.8 Å². The predicted octanol–water partition coefficient (Wildman–Crippen LogP) is 4.91. The van der Waals surface area contributed by atoms with Gasteiger partial charge in [-0.2, -0.15) is 0 Å². The lowest BCUT2D eigenvalue weighted by molar-refractivity contribution is 0.912. The van der Waals surface area contributed by atoms with Gasteiger partial charge in [0.15, 0.2) is 0 Å². The monoisotopic (exact) mass is 292 g/mol. The highest BCUT2D eigenvalue weighted by Gasteiger charge is 2.07. The molecule has 2 nitrogen and oxygen atoms in total. The van der Waals surface area contributed by atoms with Crippen LogP contribution in [0.2, 0.25) is 0 Å². The Balaban J connectivity index is 1.86. The number of nitrogens with zero attached hydrogens (tertiary/aromatic N) is 2. The van der Waals surface area contributed by atoms with Crippen molar-refractivity contribution in [2.45, 2.75) is 23.8 Å². The topological polar surface area (TPSA) is 25.8 Å². The third-order valence-electron chi connectivity index (χ3n) is 3.24. The van der Waals surface area contributed by atoms with Crippen molar-refractivity contribution in [1.82, 2.24) is 10.2 Å². The van der Waals surface area contributed by atoms with Crippen LogP contribution in [0, 0.1) is 13.8 Å². The van der Waals surface area contributed by atoms with E-state index in [2.05, 4.69) is 66.5 Å². The van der Waals surface area contributed by atoms with E-state index in [9.17, 15) is 0 Å². The molecule has 0 fully saturated rings. The minimum absolute atomic E-state index is 0.918. The first kappa shape index (κ1) is 13.8. The van der Waals surface area contributed by atoms with Gasteiger partial charge >= 0.3 is 0 Å². The molecule has 1 heterocycles. The van der Waals surface area contributed by atoms with E-state index in [4.69, 9.17) is 0 Å². The van der Waals surface area contributed by atoms with Crippen molar-refractivity contribution in [3.05, 3.63) is 71.8 Å². The van der Waals surface area contributed by atoms with Crippen LogP contribution in [0.25, 0.3) is 11.3 Å². The van der Waals surface area contributed by atoms with Crippen LogP contribution in [0.3, 0.4) is 0 Å². The Bertz CT molecular complexity index is 737. The molecule has 0 aliphatic rings. The van der Waals surface area contributed by atoms with E-state index in [0.29, 0.717) is 0 Å². The summed E-state index contributed by atoms with van der Waals surface area (Å²) in [6.45, 7) is 4.17. The Morgan fingerprint density at radius 3 is 2.19 bits per heavy atom. The maximum Gasteiger partial charge on any atom is 0.126 e. The first-order valence-electron chi connectivity index (χ1n) is 6.86. The predicted molar refractivity (Wildman–Crippen MR) is 87.5 cm³/mol. The molecule has 0 saturated carbocycles. The quantitative estimate of drug-likeness (QED) is 0.686. The Kier molecular flexibility index (Phi) is 4.02. The van der Waals surface area contributed by atoms with Crippen LogP contribution in [0.1, 0.15) is 11.1 Å². The number of aromatic nitrogens is 2. The second kappa shape index (κ2) is 6.10. The average molecular weight is 292 g/mol. The lowest BCUT2D eigenvalue weighted by atomic mass is 10.1. The van der Waals surface area contributed by atoms with Gasteiger partial charge in [0.25, 0.3) is 0 Å². The molecular formula is C18H16N2S. The van der Waals surface area contributed by atoms with Crippen LogP contribution in [0.5, 0.6) is 0 Å². The van der Waals surface area contributed by atoms with Gasteiger partial charge in [-0.3, -0.25) is 0 Å². The van der Waals surface area contributed by atoms with Crippen molar-refractivity contribution < 1.29 is 0 Å². The van der Waals surface area contributed by atoms with Crippen molar-refractivity contribution in [2.75, 3.05) is 0 Å². The number of aryl methyl sites for hydroxylation is 2. The fourth-order valence-electron chi connectivity index (χ4n) is 2.04. The Morgan fingerprint density at radius 2 is 1.52 bits per heavy atom. The Labute approximate surface area is 129 Å². The second-order valence-electron chi connectivity index (χ2n) is 5.00. The Morgan fingerprint density at radius 1 is 0.810 bits per heavy atom. The van der Waals surface area contributed by atoms with Crippen LogP contribution < -0.4 is 0 Å². The number of hydrogen-bond acceptors (Lipinski definition) is 3. The summed E-state index contributed by atoms with van der Waals surface area (Å²) in [5.41, 5.74) is 4.43. The van der Waals surface area contributed by atoms with Crippen LogP contribution in [0.4, 0.5) is 0 Å². The van der Waals surface area contributed by atoms with Gasteiger partial charge < -0.3 is 0 Å². The summed E-state index contributed by atoms with van der Waals surface area (Å²) in [6.07, 6.45) is 0. The molecule has 3 rings (SSSR count). The zero-order valence-electron chi connectivity index (χ0n) is 12.1. The molecule has 0 aliphatic carbocycles. The van der Waals surface area contributed by atoms with Crippen molar-refractivity contribution in [3.8, 4) is 11.3 Å². The van der Waals surface area contributed by atoms with E-state index in [-0.39, 0.29) is 0 Å². The third-order valence-corrected chi connectivity index (χ3v) is 4.35. The average Bonchev–Trinajstić information content (AvgIpc) is 2.52. The lowest BCUT2D eigenvalue weighted by Gasteiger charge is -2.06. The summed E-state index contributed by atoms with van der Waals surface area (Å²) in [4.78, 5) is 1.19. The minimum Gasteiger partial charge on any atom is -0.149 e. The molecular weight excluding hydrogens is 276 g/mol. The summed E-state index contributed by atoms with van der Waals surface area (Å²) in [5.74, 6) is 0. The molecule has 21 heavy (non-hydrogen) atoms. The smallest absolute Gasteiger partial charge is 0.126 e. The largest absolute Gasteiger partial charge is 0.149 e. The zero-order chi connectivity index (χ0) is 14.7. The maximum absolute atomic E-state index is 4.39. The van der Waals surface area contributed by atoms with Crippen molar-refractivity contribution in [3.63, 3.8) is 0 Å². The summed E-state index contributed by atoms with van der Waals surface area (Å²) < 4.78 is 0. The molecule has 0 amide bonds. The molecule has 0 radical (unpaired) electrons. The molecule has 0 saturated heterocycles. The lowest BCUT2D eigenvalue weighted by Crippen LogP contribution is -1.93. The molecule has 0 spiro atoms. The van der Waals surface area contributed by atoms with Gasteiger partial charge in [-0.15, -0.1) is 10.2 Å². The van der Waals surface area contributed by atoms with Crippen molar-refractivity contribution >= 4 is 11.8 Å². The van der Waals surface area contributed by atoms with Gasteiger partial charge in [0.2, 0.25) is 0 Å². The molecule has 0 unspecified atom stereocenters. The van der Waals surface area contributed by atoms with Crippen molar-refractivity contribution in [2.24, 2.45) is 0 Å². The van der Waals surface area contributed by atoms with Gasteiger partial charge in [-0.1, -0.05) is 59.8 Å². The molecule has 0 bridgehead atoms. The summed E-state index contributed by atoms with van der Waals surface area (Å²) in [6, 6.07) is 20.7. The highest BCUT2D eigenvalue weighted by molar-refractivity contribution is 7.99. The molecule has 3 heteroatoms. The fourth-order valence-corrected chi connectivity index (χ4v) is 2.84. The second-order valence-corrected chi connectivity index (χ2v) is 6.06. The van der Waals surface area contributed by atoms with Gasteiger partial charge in [0, 0.05) is 10.5 Å². The molecule has 3 aromatic rings. The summed E-state index contributed by atoms with van der Waals surface area (Å²) in [7, 11) is 0. The van der Waals surface area contributed by atoms with E-state index < -0.39 is 0 Å². The van der Waals surface area contributed by atoms with E-state index in [0.717, 1.165) is 21.8 Å². The Hall–Kier alpha value is -2.13. The van der Waals surface area contributed by atoms with Crippen LogP contribution in [-0.4, -0.2) is 10.2 Å². The number of hydrogen-bond donors (Lipinski definition) is 0. The van der Waals surface area contributed by atoms with Gasteiger partial charge in [0.1, 0.15) is 5.03 Å². The first-order chi connectivity index (χ1) is 10.2.